The fourth-order valence-corrected chi connectivity index (χ4v) is 10.6. The Morgan fingerprint density at radius 2 is 0.386 bits per heavy atom. The summed E-state index contributed by atoms with van der Waals surface area (Å²) in [7, 11) is 0. The van der Waals surface area contributed by atoms with Crippen LogP contribution in [0.3, 0.4) is 0 Å². The van der Waals surface area contributed by atoms with Crippen molar-refractivity contribution in [3.05, 3.63) is 366 Å². The third-order valence-corrected chi connectivity index (χ3v) is 15.5. The van der Waals surface area contributed by atoms with E-state index in [4.69, 9.17) is 5.73 Å². The molecule has 88 heavy (non-hydrogen) atoms. The summed E-state index contributed by atoms with van der Waals surface area (Å²) in [5.74, 6) is 0. The third-order valence-electron chi connectivity index (χ3n) is 14.4. The van der Waals surface area contributed by atoms with Gasteiger partial charge < -0.3 is 36.0 Å². The molecule has 9 heteroatoms. The first kappa shape index (κ1) is 59.2. The second kappa shape index (κ2) is 29.5. The van der Waals surface area contributed by atoms with Gasteiger partial charge in [-0.25, -0.2) is 0 Å². The Balaban J connectivity index is 0.000000160. The number of anilines is 17. The molecular weight excluding hydrogens is 1210 g/mol. The number of hydrogen-bond donors (Lipinski definition) is 3. The van der Waals surface area contributed by atoms with Crippen LogP contribution >= 0.6 is 31.9 Å². The van der Waals surface area contributed by atoms with Crippen molar-refractivity contribution in [3.8, 4) is 0 Å². The van der Waals surface area contributed by atoms with Gasteiger partial charge in [-0.15, -0.1) is 0 Å². The number of para-hydroxylation sites is 6. The van der Waals surface area contributed by atoms with Crippen LogP contribution in [0, 0.1) is 6.92 Å². The summed E-state index contributed by atoms with van der Waals surface area (Å²) in [5.41, 5.74) is 25.3. The highest BCUT2D eigenvalue weighted by molar-refractivity contribution is 9.10. The molecule has 430 valence electrons. The van der Waals surface area contributed by atoms with Crippen molar-refractivity contribution in [3.63, 3.8) is 0 Å². The van der Waals surface area contributed by atoms with Crippen LogP contribution < -0.4 is 36.0 Å². The normalized spacial score (nSPS) is 10.5. The molecule has 0 radical (unpaired) electrons. The largest absolute Gasteiger partial charge is 0.399 e. The molecule has 0 bridgehead atoms. The third kappa shape index (κ3) is 15.6. The standard InChI is InChI=1S/C43H36N4.C18H13Br2N.C18H16N2/c1-33-17-19-34(20-18-33)44-35-23-29-42(30-24-35)47(40-15-9-4-10-16-40)43-31-25-37(26-32-43)45-36-21-27-41(28-22-36)46(38-11-5-2-6-12-38)39-13-7-3-8-14-39;19-14-6-10-17(11-7-14)21(16-4-2-1-3-5-16)18-12-8-15(20)9-13-18;19-15-11-13-18(14-12-15)20(16-7-3-1-4-8-16)17-9-5-2-6-10-17/h2-32,44-45H,1H3;1-13H;1-14H,19H2. The first-order valence-corrected chi connectivity index (χ1v) is 30.6. The van der Waals surface area contributed by atoms with Gasteiger partial charge in [-0.1, -0.05) is 159 Å². The second-order valence-electron chi connectivity index (χ2n) is 20.7. The maximum Gasteiger partial charge on any atom is 0.0463 e. The average molecular weight is 1270 g/mol. The lowest BCUT2D eigenvalue weighted by Gasteiger charge is -2.26. The summed E-state index contributed by atoms with van der Waals surface area (Å²) in [5, 5.41) is 7.09. The Hall–Kier alpha value is -10.6. The number of nitrogen functional groups attached to an aromatic ring is 1. The van der Waals surface area contributed by atoms with E-state index in [0.29, 0.717) is 0 Å². The number of benzene rings is 13. The van der Waals surface area contributed by atoms with Gasteiger partial charge in [0.1, 0.15) is 0 Å². The van der Waals surface area contributed by atoms with Crippen LogP contribution in [0.1, 0.15) is 5.56 Å². The minimum atomic E-state index is 0.773. The number of nitrogens with one attached hydrogen (secondary N) is 2. The van der Waals surface area contributed by atoms with Gasteiger partial charge >= 0.3 is 0 Å². The van der Waals surface area contributed by atoms with Crippen LogP contribution in [0.5, 0.6) is 0 Å². The Bertz CT molecular complexity index is 4050. The number of hydrogen-bond acceptors (Lipinski definition) is 7. The molecule has 0 aliphatic carbocycles. The summed E-state index contributed by atoms with van der Waals surface area (Å²) in [4.78, 5) is 8.98. The van der Waals surface area contributed by atoms with E-state index in [-0.39, 0.29) is 0 Å². The number of nitrogens with two attached hydrogens (primary N) is 1. The van der Waals surface area contributed by atoms with Crippen LogP contribution in [0.4, 0.5) is 96.7 Å². The van der Waals surface area contributed by atoms with E-state index in [1.165, 1.54) is 5.56 Å². The first-order valence-electron chi connectivity index (χ1n) is 29.1. The molecule has 0 spiro atoms. The maximum absolute atomic E-state index is 5.79. The lowest BCUT2D eigenvalue weighted by molar-refractivity contribution is 1.28. The average Bonchev–Trinajstić information content (AvgIpc) is 3.68. The lowest BCUT2D eigenvalue weighted by Crippen LogP contribution is -2.10. The highest BCUT2D eigenvalue weighted by Crippen LogP contribution is 2.40. The van der Waals surface area contributed by atoms with Crippen molar-refractivity contribution in [2.45, 2.75) is 6.92 Å². The zero-order valence-electron chi connectivity index (χ0n) is 48.6. The molecule has 0 saturated carbocycles. The van der Waals surface area contributed by atoms with Crippen LogP contribution in [-0.4, -0.2) is 0 Å². The summed E-state index contributed by atoms with van der Waals surface area (Å²) < 4.78 is 2.16. The predicted octanol–water partition coefficient (Wildman–Crippen LogP) is 23.8. The fourth-order valence-electron chi connectivity index (χ4n) is 10.1. The van der Waals surface area contributed by atoms with Gasteiger partial charge in [-0.05, 0) is 237 Å². The SMILES string of the molecule is Brc1ccc(N(c2ccccc2)c2ccc(Br)cc2)cc1.Cc1ccc(Nc2ccc(N(c3ccccc3)c3ccc(Nc4ccc(N(c5ccccc5)c5ccccc5)cc4)cc3)cc2)cc1.Nc1ccc(N(c2ccccc2)c2ccccc2)cc1. The van der Waals surface area contributed by atoms with E-state index in [1.807, 2.05) is 84.9 Å². The first-order chi connectivity index (χ1) is 43.3. The van der Waals surface area contributed by atoms with Crippen molar-refractivity contribution in [1.29, 1.82) is 0 Å². The molecule has 0 unspecified atom stereocenters. The Kier molecular flexibility index (Phi) is 19.8. The predicted molar refractivity (Wildman–Crippen MR) is 382 cm³/mol. The van der Waals surface area contributed by atoms with Crippen molar-refractivity contribution in [1.82, 2.24) is 0 Å². The summed E-state index contributed by atoms with van der Waals surface area (Å²) in [6, 6.07) is 121. The van der Waals surface area contributed by atoms with Gasteiger partial charge in [0.2, 0.25) is 0 Å². The highest BCUT2D eigenvalue weighted by Gasteiger charge is 2.16. The number of rotatable bonds is 16. The zero-order chi connectivity index (χ0) is 60.3. The molecule has 13 aromatic carbocycles. The van der Waals surface area contributed by atoms with E-state index < -0.39 is 0 Å². The molecule has 0 aromatic heterocycles. The van der Waals surface area contributed by atoms with E-state index in [1.54, 1.807) is 0 Å². The molecule has 0 atom stereocenters. The van der Waals surface area contributed by atoms with Crippen LogP contribution in [0.15, 0.2) is 361 Å². The lowest BCUT2D eigenvalue weighted by atomic mass is 10.1. The van der Waals surface area contributed by atoms with Gasteiger partial charge in [0.25, 0.3) is 0 Å². The minimum Gasteiger partial charge on any atom is -0.399 e. The molecule has 0 heterocycles. The maximum atomic E-state index is 5.79. The fraction of sp³-hybridized carbons (Fsp3) is 0.0127. The zero-order valence-corrected chi connectivity index (χ0v) is 51.8. The molecular formula is C79H65Br2N7. The minimum absolute atomic E-state index is 0.773. The molecule has 0 aliphatic heterocycles. The molecule has 0 fully saturated rings. The topological polar surface area (TPSA) is 63.0 Å². The molecule has 0 saturated heterocycles. The summed E-state index contributed by atoms with van der Waals surface area (Å²) >= 11 is 6.98. The second-order valence-corrected chi connectivity index (χ2v) is 22.5. The van der Waals surface area contributed by atoms with Gasteiger partial charge in [-0.2, -0.15) is 0 Å². The van der Waals surface area contributed by atoms with Crippen molar-refractivity contribution < 1.29 is 0 Å². The van der Waals surface area contributed by atoms with Crippen LogP contribution in [0.25, 0.3) is 0 Å². The Labute approximate surface area is 534 Å². The van der Waals surface area contributed by atoms with Gasteiger partial charge in [0.05, 0.1) is 0 Å². The molecule has 13 rings (SSSR count). The molecule has 7 nitrogen and oxygen atoms in total. The summed E-state index contributed by atoms with van der Waals surface area (Å²) in [6.45, 7) is 2.10. The van der Waals surface area contributed by atoms with E-state index in [9.17, 15) is 0 Å². The summed E-state index contributed by atoms with van der Waals surface area (Å²) in [6.07, 6.45) is 0. The van der Waals surface area contributed by atoms with Crippen molar-refractivity contribution >= 4 is 129 Å². The van der Waals surface area contributed by atoms with E-state index in [0.717, 1.165) is 106 Å². The number of halogens is 2. The monoisotopic (exact) mass is 1270 g/mol. The van der Waals surface area contributed by atoms with Crippen LogP contribution in [0.2, 0.25) is 0 Å². The highest BCUT2D eigenvalue weighted by atomic mass is 79.9. The van der Waals surface area contributed by atoms with Gasteiger partial charge in [0, 0.05) is 106 Å². The van der Waals surface area contributed by atoms with Gasteiger partial charge in [-0.3, -0.25) is 0 Å². The van der Waals surface area contributed by atoms with Crippen molar-refractivity contribution in [2.75, 3.05) is 36.0 Å². The number of nitrogens with zero attached hydrogens (tertiary/aromatic N) is 4. The van der Waals surface area contributed by atoms with Crippen LogP contribution in [-0.2, 0) is 0 Å². The van der Waals surface area contributed by atoms with E-state index in [2.05, 4.69) is 336 Å². The van der Waals surface area contributed by atoms with Gasteiger partial charge in [0.15, 0.2) is 0 Å². The molecule has 4 N–H and O–H groups in total. The Morgan fingerprint density at radius 3 is 0.602 bits per heavy atom. The molecule has 13 aromatic rings. The Morgan fingerprint density at radius 1 is 0.216 bits per heavy atom. The van der Waals surface area contributed by atoms with E-state index >= 15 is 0 Å². The number of aryl methyl sites for hydroxylation is 1. The van der Waals surface area contributed by atoms with Crippen molar-refractivity contribution in [2.24, 2.45) is 0 Å². The molecule has 0 amide bonds. The smallest absolute Gasteiger partial charge is 0.0463 e. The molecule has 0 aliphatic rings. The quantitative estimate of drug-likeness (QED) is 0.0833.